The van der Waals surface area contributed by atoms with Gasteiger partial charge < -0.3 is 14.7 Å². The quantitative estimate of drug-likeness (QED) is 0.552. The summed E-state index contributed by atoms with van der Waals surface area (Å²) in [6.45, 7) is 5.44. The van der Waals surface area contributed by atoms with Gasteiger partial charge in [-0.25, -0.2) is 0 Å². The third-order valence-corrected chi connectivity index (χ3v) is 10.7. The van der Waals surface area contributed by atoms with Crippen molar-refractivity contribution >= 4 is 5.97 Å². The molecule has 1 saturated heterocycles. The van der Waals surface area contributed by atoms with E-state index in [9.17, 15) is 9.90 Å². The molecule has 5 fully saturated rings. The lowest BCUT2D eigenvalue weighted by molar-refractivity contribution is -0.211. The smallest absolute Gasteiger partial charge is 0.306 e. The number of hydrogen-bond acceptors (Lipinski definition) is 5. The van der Waals surface area contributed by atoms with Crippen LogP contribution in [-0.4, -0.2) is 36.4 Å². The van der Waals surface area contributed by atoms with Gasteiger partial charge in [-0.15, -0.1) is 0 Å². The number of aliphatic hydroxyl groups is 1. The lowest BCUT2D eigenvalue weighted by Gasteiger charge is -2.64. The van der Waals surface area contributed by atoms with Crippen molar-refractivity contribution in [1.82, 2.24) is 5.48 Å². The van der Waals surface area contributed by atoms with Crippen molar-refractivity contribution in [2.24, 2.45) is 40.4 Å². The van der Waals surface area contributed by atoms with Gasteiger partial charge in [-0.05, 0) is 92.3 Å². The van der Waals surface area contributed by atoms with E-state index in [0.29, 0.717) is 48.2 Å². The number of hydrogen-bond donors (Lipinski definition) is 2. The lowest BCUT2D eigenvalue weighted by Crippen LogP contribution is -2.63. The van der Waals surface area contributed by atoms with Gasteiger partial charge in [0.15, 0.2) is 0 Å². The van der Waals surface area contributed by atoms with Gasteiger partial charge in [0.2, 0.25) is 0 Å². The zero-order valence-electron chi connectivity index (χ0n) is 18.4. The van der Waals surface area contributed by atoms with Crippen molar-refractivity contribution in [2.75, 3.05) is 13.7 Å². The summed E-state index contributed by atoms with van der Waals surface area (Å²) in [5.41, 5.74) is 2.92. The van der Waals surface area contributed by atoms with E-state index in [1.165, 1.54) is 32.1 Å². The highest BCUT2D eigenvalue weighted by atomic mass is 16.6. The molecule has 4 saturated carbocycles. The van der Waals surface area contributed by atoms with Crippen molar-refractivity contribution in [1.29, 1.82) is 0 Å². The molecule has 0 bridgehead atoms. The summed E-state index contributed by atoms with van der Waals surface area (Å²) in [5.74, 6) is 2.46. The molecule has 164 valence electrons. The predicted molar refractivity (Wildman–Crippen MR) is 110 cm³/mol. The van der Waals surface area contributed by atoms with Crippen molar-refractivity contribution in [2.45, 2.75) is 89.7 Å². The number of carbonyl (C=O) groups excluding carboxylic acids is 1. The van der Waals surface area contributed by atoms with Gasteiger partial charge in [0.25, 0.3) is 0 Å². The van der Waals surface area contributed by atoms with Crippen LogP contribution < -0.4 is 5.48 Å². The molecule has 29 heavy (non-hydrogen) atoms. The maximum absolute atomic E-state index is 12.2. The predicted octanol–water partition coefficient (Wildman–Crippen LogP) is 3.84. The largest absolute Gasteiger partial charge is 0.465 e. The molecular formula is C24H39NO4. The third-order valence-electron chi connectivity index (χ3n) is 10.7. The molecule has 0 spiro atoms. The van der Waals surface area contributed by atoms with Gasteiger partial charge >= 0.3 is 5.97 Å². The van der Waals surface area contributed by atoms with Gasteiger partial charge in [-0.3, -0.25) is 4.79 Å². The van der Waals surface area contributed by atoms with Crippen LogP contribution in [0.4, 0.5) is 0 Å². The first-order valence-corrected chi connectivity index (χ1v) is 12.0. The molecular weight excluding hydrogens is 366 g/mol. The van der Waals surface area contributed by atoms with Crippen LogP contribution in [0.25, 0.3) is 0 Å². The fourth-order valence-electron chi connectivity index (χ4n) is 9.09. The summed E-state index contributed by atoms with van der Waals surface area (Å²) >= 11 is 0. The van der Waals surface area contributed by atoms with Crippen LogP contribution in [0.5, 0.6) is 0 Å². The standard InChI is InChI=1S/C24H39NO4/c1-22-9-6-17(25-28-3)13-16(22)4-5-20-19(22)7-10-23(2)18(8-11-24(20,23)27)15-12-21(26)29-14-15/h15-20,25,27H,4-14H2,1-3H3. The van der Waals surface area contributed by atoms with E-state index in [4.69, 9.17) is 9.57 Å². The monoisotopic (exact) mass is 405 g/mol. The lowest BCUT2D eigenvalue weighted by atomic mass is 9.43. The first-order valence-electron chi connectivity index (χ1n) is 12.0. The number of ether oxygens (including phenoxy) is 1. The van der Waals surface area contributed by atoms with Crippen LogP contribution in [0.1, 0.15) is 78.1 Å². The molecule has 0 radical (unpaired) electrons. The Morgan fingerprint density at radius 2 is 1.83 bits per heavy atom. The van der Waals surface area contributed by atoms with Crippen molar-refractivity contribution in [3.8, 4) is 0 Å². The van der Waals surface area contributed by atoms with E-state index in [1.807, 2.05) is 0 Å². The van der Waals surface area contributed by atoms with Crippen molar-refractivity contribution in [3.05, 3.63) is 0 Å². The number of esters is 1. The molecule has 1 aliphatic heterocycles. The number of nitrogens with one attached hydrogen (secondary N) is 1. The second-order valence-electron chi connectivity index (χ2n) is 11.5. The molecule has 5 aliphatic rings. The minimum Gasteiger partial charge on any atom is -0.465 e. The Morgan fingerprint density at radius 3 is 2.55 bits per heavy atom. The van der Waals surface area contributed by atoms with Gasteiger partial charge in [-0.2, -0.15) is 5.48 Å². The normalized spacial score (nSPS) is 54.4. The molecule has 0 aromatic carbocycles. The van der Waals surface area contributed by atoms with E-state index in [-0.39, 0.29) is 11.4 Å². The van der Waals surface area contributed by atoms with Crippen LogP contribution in [0.3, 0.4) is 0 Å². The Hall–Kier alpha value is -0.650. The maximum atomic E-state index is 12.2. The number of hydroxylamine groups is 1. The number of fused-ring (bicyclic) bond motifs is 5. The van der Waals surface area contributed by atoms with Crippen LogP contribution in [0.2, 0.25) is 0 Å². The van der Waals surface area contributed by atoms with Crippen LogP contribution in [0, 0.1) is 40.4 Å². The Kier molecular flexibility index (Phi) is 4.84. The topological polar surface area (TPSA) is 67.8 Å². The highest BCUT2D eigenvalue weighted by Gasteiger charge is 2.68. The zero-order valence-corrected chi connectivity index (χ0v) is 18.4. The van der Waals surface area contributed by atoms with Gasteiger partial charge in [0.05, 0.1) is 25.7 Å². The Morgan fingerprint density at radius 1 is 1.03 bits per heavy atom. The summed E-state index contributed by atoms with van der Waals surface area (Å²) < 4.78 is 5.32. The minimum atomic E-state index is -0.568. The Bertz CT molecular complexity index is 669. The van der Waals surface area contributed by atoms with Crippen LogP contribution in [0.15, 0.2) is 0 Å². The average molecular weight is 406 g/mol. The highest BCUT2D eigenvalue weighted by Crippen LogP contribution is 2.70. The summed E-state index contributed by atoms with van der Waals surface area (Å²) in [7, 11) is 1.72. The maximum Gasteiger partial charge on any atom is 0.306 e. The van der Waals surface area contributed by atoms with Crippen molar-refractivity contribution in [3.63, 3.8) is 0 Å². The number of rotatable bonds is 3. The second-order valence-corrected chi connectivity index (χ2v) is 11.5. The second kappa shape index (κ2) is 6.93. The fourth-order valence-corrected chi connectivity index (χ4v) is 9.09. The van der Waals surface area contributed by atoms with Crippen LogP contribution in [-0.2, 0) is 14.4 Å². The van der Waals surface area contributed by atoms with Gasteiger partial charge in [0.1, 0.15) is 0 Å². The van der Waals surface area contributed by atoms with Gasteiger partial charge in [-0.1, -0.05) is 13.8 Å². The molecule has 9 atom stereocenters. The molecule has 5 nitrogen and oxygen atoms in total. The average Bonchev–Trinajstić information content (AvgIpc) is 3.23. The molecule has 0 aromatic rings. The fraction of sp³-hybridized carbons (Fsp3) is 0.958. The SMILES string of the molecule is CONC1CCC2(C)C(CCC3C2CCC2(C)C(C4COC(=O)C4)CCC32O)C1. The molecule has 9 unspecified atom stereocenters. The third kappa shape index (κ3) is 2.79. The molecule has 1 heterocycles. The Labute approximate surface area is 175 Å². The van der Waals surface area contributed by atoms with E-state index >= 15 is 0 Å². The molecule has 5 rings (SSSR count). The number of cyclic esters (lactones) is 1. The first kappa shape index (κ1) is 20.3. The number of carbonyl (C=O) groups is 1. The van der Waals surface area contributed by atoms with Gasteiger partial charge in [0, 0.05) is 12.0 Å². The molecule has 0 amide bonds. The zero-order chi connectivity index (χ0) is 20.4. The van der Waals surface area contributed by atoms with E-state index < -0.39 is 5.60 Å². The minimum absolute atomic E-state index is 0.0443. The Balaban J connectivity index is 1.39. The molecule has 4 aliphatic carbocycles. The summed E-state index contributed by atoms with van der Waals surface area (Å²) in [6.07, 6.45) is 10.8. The molecule has 5 heteroatoms. The van der Waals surface area contributed by atoms with Crippen molar-refractivity contribution < 1.29 is 19.5 Å². The highest BCUT2D eigenvalue weighted by molar-refractivity contribution is 5.71. The summed E-state index contributed by atoms with van der Waals surface area (Å²) in [5, 5.41) is 12.2. The van der Waals surface area contributed by atoms with E-state index in [2.05, 4.69) is 19.3 Å². The van der Waals surface area contributed by atoms with E-state index in [0.717, 1.165) is 31.6 Å². The van der Waals surface area contributed by atoms with Crippen LogP contribution >= 0.6 is 0 Å². The molecule has 2 N–H and O–H groups in total. The van der Waals surface area contributed by atoms with E-state index in [1.54, 1.807) is 7.11 Å². The summed E-state index contributed by atoms with van der Waals surface area (Å²) in [4.78, 5) is 17.0. The first-order chi connectivity index (χ1) is 13.8. The molecule has 0 aromatic heterocycles. The summed E-state index contributed by atoms with van der Waals surface area (Å²) in [6, 6.07) is 0.474.